The molecule has 0 spiro atoms. The smallest absolute Gasteiger partial charge is 0.307 e. The summed E-state index contributed by atoms with van der Waals surface area (Å²) in [6.07, 6.45) is 0.373. The van der Waals surface area contributed by atoms with E-state index in [1.54, 1.807) is 7.11 Å². The lowest BCUT2D eigenvalue weighted by Crippen LogP contribution is -2.23. The predicted octanol–water partition coefficient (Wildman–Crippen LogP) is 0.175. The van der Waals surface area contributed by atoms with Gasteiger partial charge in [0.2, 0.25) is 0 Å². The fourth-order valence-corrected chi connectivity index (χ4v) is 2.79. The van der Waals surface area contributed by atoms with Crippen molar-refractivity contribution in [3.63, 3.8) is 0 Å². The number of methoxy groups -OCH3 is 1. The topological polar surface area (TPSA) is 89.9 Å². The molecule has 1 N–H and O–H groups in total. The van der Waals surface area contributed by atoms with E-state index in [9.17, 15) is 13.2 Å². The minimum Gasteiger partial charge on any atom is -0.481 e. The maximum atomic E-state index is 11.5. The highest BCUT2D eigenvalue weighted by Gasteiger charge is 2.20. The molecule has 0 aromatic rings. The summed E-state index contributed by atoms with van der Waals surface area (Å²) in [6.45, 7) is 2.63. The summed E-state index contributed by atoms with van der Waals surface area (Å²) < 4.78 is 32.9. The number of carbonyl (C=O) groups is 1. The van der Waals surface area contributed by atoms with Crippen LogP contribution in [0, 0.1) is 5.92 Å². The Morgan fingerprint density at radius 1 is 1.29 bits per heavy atom. The molecule has 0 fully saturated rings. The molecule has 0 saturated carbocycles. The van der Waals surface area contributed by atoms with Gasteiger partial charge in [-0.05, 0) is 6.42 Å². The van der Waals surface area contributed by atoms with Crippen LogP contribution in [-0.2, 0) is 24.1 Å². The van der Waals surface area contributed by atoms with Crippen LogP contribution in [0.4, 0.5) is 0 Å². The number of ether oxygens (including phenoxy) is 2. The first-order valence-corrected chi connectivity index (χ1v) is 7.21. The molecule has 0 saturated heterocycles. The molecule has 7 heteroatoms. The molecule has 102 valence electrons. The van der Waals surface area contributed by atoms with E-state index in [0.717, 1.165) is 0 Å². The van der Waals surface area contributed by atoms with E-state index in [1.165, 1.54) is 6.92 Å². The standard InChI is InChI=1S/C10H20O6S/c1-9(10(11)12)8-17(13,14)7-3-4-16-6-5-15-2/h9H,3-8H2,1-2H3,(H,11,12). The molecule has 1 unspecified atom stereocenters. The third kappa shape index (κ3) is 9.08. The van der Waals surface area contributed by atoms with Crippen molar-refractivity contribution in [3.8, 4) is 0 Å². The lowest BCUT2D eigenvalue weighted by Gasteiger charge is -2.08. The number of hydrogen-bond donors (Lipinski definition) is 1. The van der Waals surface area contributed by atoms with Crippen molar-refractivity contribution in [2.75, 3.05) is 38.4 Å². The van der Waals surface area contributed by atoms with Gasteiger partial charge in [-0.2, -0.15) is 0 Å². The molecular weight excluding hydrogens is 248 g/mol. The van der Waals surface area contributed by atoms with Crippen molar-refractivity contribution < 1.29 is 27.8 Å². The average molecular weight is 268 g/mol. The lowest BCUT2D eigenvalue weighted by atomic mass is 10.2. The molecule has 0 aromatic carbocycles. The fourth-order valence-electron chi connectivity index (χ4n) is 1.16. The number of sulfone groups is 1. The summed E-state index contributed by atoms with van der Waals surface area (Å²) in [5, 5.41) is 8.61. The van der Waals surface area contributed by atoms with Crippen molar-refractivity contribution in [1.29, 1.82) is 0 Å². The molecule has 0 rings (SSSR count). The molecule has 0 heterocycles. The summed E-state index contributed by atoms with van der Waals surface area (Å²) in [7, 11) is -1.75. The summed E-state index contributed by atoms with van der Waals surface area (Å²) in [5.74, 6) is -2.32. The zero-order valence-corrected chi connectivity index (χ0v) is 11.0. The second-order valence-corrected chi connectivity index (χ2v) is 6.04. The lowest BCUT2D eigenvalue weighted by molar-refractivity contribution is -0.140. The van der Waals surface area contributed by atoms with Crippen LogP contribution in [0.3, 0.4) is 0 Å². The molecule has 0 aliphatic heterocycles. The third-order valence-electron chi connectivity index (χ3n) is 2.10. The van der Waals surface area contributed by atoms with Crippen LogP contribution in [0.25, 0.3) is 0 Å². The van der Waals surface area contributed by atoms with Gasteiger partial charge in [0.05, 0.1) is 30.6 Å². The first kappa shape index (κ1) is 16.3. The maximum absolute atomic E-state index is 11.5. The number of rotatable bonds is 10. The molecule has 0 bridgehead atoms. The maximum Gasteiger partial charge on any atom is 0.307 e. The minimum atomic E-state index is -3.31. The normalized spacial score (nSPS) is 13.5. The van der Waals surface area contributed by atoms with Gasteiger partial charge in [-0.1, -0.05) is 6.92 Å². The molecular formula is C10H20O6S. The Balaban J connectivity index is 3.75. The van der Waals surface area contributed by atoms with Crippen LogP contribution in [0.2, 0.25) is 0 Å². The van der Waals surface area contributed by atoms with E-state index < -0.39 is 21.7 Å². The second kappa shape index (κ2) is 8.43. The highest BCUT2D eigenvalue weighted by Crippen LogP contribution is 2.04. The molecule has 17 heavy (non-hydrogen) atoms. The average Bonchev–Trinajstić information content (AvgIpc) is 2.22. The van der Waals surface area contributed by atoms with Crippen molar-refractivity contribution >= 4 is 15.8 Å². The van der Waals surface area contributed by atoms with E-state index in [1.807, 2.05) is 0 Å². The van der Waals surface area contributed by atoms with Crippen LogP contribution in [0.1, 0.15) is 13.3 Å². The van der Waals surface area contributed by atoms with E-state index in [2.05, 4.69) is 0 Å². The van der Waals surface area contributed by atoms with Gasteiger partial charge in [0.25, 0.3) is 0 Å². The van der Waals surface area contributed by atoms with Crippen LogP contribution in [0.5, 0.6) is 0 Å². The Morgan fingerprint density at radius 2 is 1.94 bits per heavy atom. The van der Waals surface area contributed by atoms with Gasteiger partial charge in [-0.25, -0.2) is 8.42 Å². The summed E-state index contributed by atoms with van der Waals surface area (Å²) in [4.78, 5) is 10.5. The molecule has 6 nitrogen and oxygen atoms in total. The Labute approximate surface area is 102 Å². The van der Waals surface area contributed by atoms with Gasteiger partial charge in [-0.15, -0.1) is 0 Å². The van der Waals surface area contributed by atoms with Gasteiger partial charge in [0.15, 0.2) is 9.84 Å². The summed E-state index contributed by atoms with van der Waals surface area (Å²) in [6, 6.07) is 0. The van der Waals surface area contributed by atoms with Crippen LogP contribution < -0.4 is 0 Å². The number of hydrogen-bond acceptors (Lipinski definition) is 5. The van der Waals surface area contributed by atoms with Gasteiger partial charge in [0.1, 0.15) is 0 Å². The van der Waals surface area contributed by atoms with Gasteiger partial charge < -0.3 is 14.6 Å². The monoisotopic (exact) mass is 268 g/mol. The third-order valence-corrected chi connectivity index (χ3v) is 4.02. The predicted molar refractivity (Wildman–Crippen MR) is 62.8 cm³/mol. The van der Waals surface area contributed by atoms with E-state index in [4.69, 9.17) is 14.6 Å². The number of carboxylic acids is 1. The molecule has 0 aromatic heterocycles. The highest BCUT2D eigenvalue weighted by molar-refractivity contribution is 7.91. The quantitative estimate of drug-likeness (QED) is 0.568. The van der Waals surface area contributed by atoms with E-state index in [-0.39, 0.29) is 11.5 Å². The van der Waals surface area contributed by atoms with E-state index in [0.29, 0.717) is 26.2 Å². The van der Waals surface area contributed by atoms with Crippen molar-refractivity contribution in [2.24, 2.45) is 5.92 Å². The molecule has 0 aliphatic rings. The van der Waals surface area contributed by atoms with E-state index >= 15 is 0 Å². The summed E-state index contributed by atoms with van der Waals surface area (Å²) in [5.41, 5.74) is 0. The highest BCUT2D eigenvalue weighted by atomic mass is 32.2. The minimum absolute atomic E-state index is 0.0440. The molecule has 0 amide bonds. The van der Waals surface area contributed by atoms with Gasteiger partial charge in [0, 0.05) is 13.7 Å². The molecule has 0 aliphatic carbocycles. The van der Waals surface area contributed by atoms with Crippen molar-refractivity contribution in [1.82, 2.24) is 0 Å². The molecule has 1 atom stereocenters. The van der Waals surface area contributed by atoms with Crippen LogP contribution in [-0.4, -0.2) is 57.9 Å². The summed E-state index contributed by atoms with van der Waals surface area (Å²) >= 11 is 0. The van der Waals surface area contributed by atoms with Crippen molar-refractivity contribution in [2.45, 2.75) is 13.3 Å². The van der Waals surface area contributed by atoms with Crippen molar-refractivity contribution in [3.05, 3.63) is 0 Å². The molecule has 0 radical (unpaired) electrons. The Hall–Kier alpha value is -0.660. The Morgan fingerprint density at radius 3 is 2.47 bits per heavy atom. The SMILES string of the molecule is COCCOCCCS(=O)(=O)CC(C)C(=O)O. The number of carboxylic acid groups (broad SMARTS) is 1. The van der Waals surface area contributed by atoms with Gasteiger partial charge in [-0.3, -0.25) is 4.79 Å². The number of aliphatic carboxylic acids is 1. The first-order valence-electron chi connectivity index (χ1n) is 5.39. The Bertz CT molecular complexity index is 311. The fraction of sp³-hybridized carbons (Fsp3) is 0.900. The Kier molecular flexibility index (Phi) is 8.11. The van der Waals surface area contributed by atoms with Gasteiger partial charge >= 0.3 is 5.97 Å². The zero-order chi connectivity index (χ0) is 13.3. The zero-order valence-electron chi connectivity index (χ0n) is 10.2. The largest absolute Gasteiger partial charge is 0.481 e. The second-order valence-electron chi connectivity index (χ2n) is 3.81. The van der Waals surface area contributed by atoms with Crippen LogP contribution >= 0.6 is 0 Å². The van der Waals surface area contributed by atoms with Crippen LogP contribution in [0.15, 0.2) is 0 Å². The first-order chi connectivity index (χ1) is 7.89.